The van der Waals surface area contributed by atoms with Gasteiger partial charge in [0.05, 0.1) is 13.7 Å². The van der Waals surface area contributed by atoms with Crippen LogP contribution in [-0.4, -0.2) is 13.1 Å². The van der Waals surface area contributed by atoms with E-state index in [1.54, 1.807) is 6.07 Å². The van der Waals surface area contributed by atoms with Crippen molar-refractivity contribution >= 4 is 23.0 Å². The molecule has 0 fully saturated rings. The minimum absolute atomic E-state index is 0.0453. The molecule has 3 nitrogen and oxygen atoms in total. The summed E-state index contributed by atoms with van der Waals surface area (Å²) in [5, 5.41) is 0. The van der Waals surface area contributed by atoms with Gasteiger partial charge in [0.1, 0.15) is 4.88 Å². The van der Waals surface area contributed by atoms with E-state index in [2.05, 4.69) is 9.58 Å². The molecule has 0 unspecified atom stereocenters. The Morgan fingerprint density at radius 2 is 2.13 bits per heavy atom. The zero-order valence-electron chi connectivity index (χ0n) is 9.25. The fourth-order valence-corrected chi connectivity index (χ4v) is 2.15. The van der Waals surface area contributed by atoms with Crippen LogP contribution < -0.4 is 0 Å². The molecule has 0 aliphatic heterocycles. The molecule has 1 rings (SSSR count). The Kier molecular flexibility index (Phi) is 3.15. The van der Waals surface area contributed by atoms with Gasteiger partial charge in [0.2, 0.25) is 5.69 Å². The van der Waals surface area contributed by atoms with Gasteiger partial charge in [-0.05, 0) is 16.4 Å². The maximum atomic E-state index is 11.4. The number of ether oxygens (including phenoxy) is 1. The van der Waals surface area contributed by atoms with Crippen molar-refractivity contribution in [1.82, 2.24) is 0 Å². The van der Waals surface area contributed by atoms with E-state index in [9.17, 15) is 4.79 Å². The standard InChI is InChI=1S/C11H13NO2S/c1-11(2,3)8-6-7(12-4)9(15-8)10(13)14-5/h6H,1-3,5H3. The van der Waals surface area contributed by atoms with Crippen LogP contribution >= 0.6 is 11.3 Å². The van der Waals surface area contributed by atoms with Crippen molar-refractivity contribution in [3.8, 4) is 0 Å². The summed E-state index contributed by atoms with van der Waals surface area (Å²) < 4.78 is 4.63. The summed E-state index contributed by atoms with van der Waals surface area (Å²) >= 11 is 1.34. The number of esters is 1. The van der Waals surface area contributed by atoms with Gasteiger partial charge >= 0.3 is 5.97 Å². The van der Waals surface area contributed by atoms with Gasteiger partial charge in [-0.25, -0.2) is 9.64 Å². The fourth-order valence-electron chi connectivity index (χ4n) is 1.07. The average Bonchev–Trinajstić information content (AvgIpc) is 2.59. The molecule has 0 aliphatic rings. The molecule has 0 N–H and O–H groups in total. The van der Waals surface area contributed by atoms with Crippen molar-refractivity contribution in [3.63, 3.8) is 0 Å². The summed E-state index contributed by atoms with van der Waals surface area (Å²) in [4.78, 5) is 16.1. The van der Waals surface area contributed by atoms with Crippen LogP contribution in [0.4, 0.5) is 5.69 Å². The topological polar surface area (TPSA) is 30.7 Å². The Morgan fingerprint density at radius 3 is 2.53 bits per heavy atom. The molecule has 0 amide bonds. The van der Waals surface area contributed by atoms with Crippen molar-refractivity contribution in [2.75, 3.05) is 7.11 Å². The average molecular weight is 223 g/mol. The van der Waals surface area contributed by atoms with Gasteiger partial charge < -0.3 is 4.74 Å². The van der Waals surface area contributed by atoms with Gasteiger partial charge in [0, 0.05) is 0 Å². The van der Waals surface area contributed by atoms with E-state index < -0.39 is 5.97 Å². The minimum Gasteiger partial charge on any atom is -0.466 e. The lowest BCUT2D eigenvalue weighted by molar-refractivity contribution is 0.0607. The summed E-state index contributed by atoms with van der Waals surface area (Å²) in [6, 6.07) is 1.77. The summed E-state index contributed by atoms with van der Waals surface area (Å²) in [5.41, 5.74) is 0.341. The number of methoxy groups -OCH3 is 1. The molecule has 0 aliphatic carbocycles. The summed E-state index contributed by atoms with van der Waals surface area (Å²) in [7, 11) is 1.33. The molecule has 15 heavy (non-hydrogen) atoms. The van der Waals surface area contributed by atoms with E-state index in [1.807, 2.05) is 20.8 Å². The molecule has 0 aromatic carbocycles. The molecule has 80 valence electrons. The molecule has 0 atom stereocenters. The van der Waals surface area contributed by atoms with E-state index in [0.717, 1.165) is 4.88 Å². The van der Waals surface area contributed by atoms with E-state index >= 15 is 0 Å². The molecule has 1 aromatic heterocycles. The van der Waals surface area contributed by atoms with E-state index in [1.165, 1.54) is 18.4 Å². The van der Waals surface area contributed by atoms with Gasteiger partial charge in [-0.15, -0.1) is 11.3 Å². The first-order valence-corrected chi connectivity index (χ1v) is 5.32. The third kappa shape index (κ3) is 2.37. The Bertz CT molecular complexity index is 421. The Balaban J connectivity index is 3.25. The third-order valence-corrected chi connectivity index (χ3v) is 3.47. The second-order valence-electron chi connectivity index (χ2n) is 4.18. The molecule has 0 saturated heterocycles. The maximum Gasteiger partial charge on any atom is 0.337 e. The summed E-state index contributed by atoms with van der Waals surface area (Å²) in [5.74, 6) is -0.429. The predicted molar refractivity (Wildman–Crippen MR) is 60.6 cm³/mol. The second kappa shape index (κ2) is 4.03. The highest BCUT2D eigenvalue weighted by Gasteiger charge is 2.23. The van der Waals surface area contributed by atoms with Crippen LogP contribution in [0.1, 0.15) is 35.3 Å². The first-order valence-electron chi connectivity index (χ1n) is 4.50. The molecule has 0 bridgehead atoms. The van der Waals surface area contributed by atoms with E-state index in [4.69, 9.17) is 6.57 Å². The number of rotatable bonds is 1. The lowest BCUT2D eigenvalue weighted by Crippen LogP contribution is -2.07. The van der Waals surface area contributed by atoms with Crippen LogP contribution in [-0.2, 0) is 10.2 Å². The van der Waals surface area contributed by atoms with Crippen molar-refractivity contribution in [2.24, 2.45) is 0 Å². The highest BCUT2D eigenvalue weighted by atomic mass is 32.1. The highest BCUT2D eigenvalue weighted by Crippen LogP contribution is 2.37. The fraction of sp³-hybridized carbons (Fsp3) is 0.455. The predicted octanol–water partition coefficient (Wildman–Crippen LogP) is 3.38. The SMILES string of the molecule is [C-]#[N+]c1cc(C(C)(C)C)sc1C(=O)OC. The van der Waals surface area contributed by atoms with Crippen molar-refractivity contribution < 1.29 is 9.53 Å². The number of nitrogens with zero attached hydrogens (tertiary/aromatic N) is 1. The maximum absolute atomic E-state index is 11.4. The highest BCUT2D eigenvalue weighted by molar-refractivity contribution is 7.14. The largest absolute Gasteiger partial charge is 0.466 e. The van der Waals surface area contributed by atoms with Crippen LogP contribution in [0.25, 0.3) is 4.85 Å². The first kappa shape index (κ1) is 11.7. The smallest absolute Gasteiger partial charge is 0.337 e. The van der Waals surface area contributed by atoms with Crippen LogP contribution in [0.3, 0.4) is 0 Å². The van der Waals surface area contributed by atoms with Gasteiger partial charge in [-0.1, -0.05) is 20.8 Å². The zero-order valence-corrected chi connectivity index (χ0v) is 10.1. The molecule has 1 heterocycles. The number of hydrogen-bond acceptors (Lipinski definition) is 3. The minimum atomic E-state index is -0.429. The Morgan fingerprint density at radius 1 is 1.53 bits per heavy atom. The second-order valence-corrected chi connectivity index (χ2v) is 5.23. The van der Waals surface area contributed by atoms with Crippen molar-refractivity contribution in [1.29, 1.82) is 0 Å². The lowest BCUT2D eigenvalue weighted by atomic mass is 9.95. The summed E-state index contributed by atoms with van der Waals surface area (Å²) in [6.07, 6.45) is 0. The molecular weight excluding hydrogens is 210 g/mol. The van der Waals surface area contributed by atoms with Crippen LogP contribution in [0, 0.1) is 6.57 Å². The van der Waals surface area contributed by atoms with Crippen LogP contribution in [0.15, 0.2) is 6.07 Å². The van der Waals surface area contributed by atoms with Gasteiger partial charge in [-0.3, -0.25) is 0 Å². The summed E-state index contributed by atoms with van der Waals surface area (Å²) in [6.45, 7) is 13.1. The van der Waals surface area contributed by atoms with Crippen LogP contribution in [0.5, 0.6) is 0 Å². The number of thiophene rings is 1. The zero-order chi connectivity index (χ0) is 11.6. The first-order chi connectivity index (χ1) is 6.90. The molecule has 0 spiro atoms. The van der Waals surface area contributed by atoms with Crippen LogP contribution in [0.2, 0.25) is 0 Å². The quantitative estimate of drug-likeness (QED) is 0.539. The third-order valence-electron chi connectivity index (χ3n) is 1.94. The number of carbonyl (C=O) groups is 1. The van der Waals surface area contributed by atoms with Gasteiger partial charge in [0.25, 0.3) is 0 Å². The Hall–Kier alpha value is -1.34. The molecule has 1 aromatic rings. The molecule has 4 heteroatoms. The molecular formula is C11H13NO2S. The van der Waals surface area contributed by atoms with E-state index in [-0.39, 0.29) is 5.41 Å². The molecule has 0 saturated carbocycles. The number of hydrogen-bond donors (Lipinski definition) is 0. The van der Waals surface area contributed by atoms with Gasteiger partial charge in [-0.2, -0.15) is 0 Å². The number of carbonyl (C=O) groups excluding carboxylic acids is 1. The van der Waals surface area contributed by atoms with Crippen molar-refractivity contribution in [2.45, 2.75) is 26.2 Å². The normalized spacial score (nSPS) is 10.9. The van der Waals surface area contributed by atoms with Gasteiger partial charge in [0.15, 0.2) is 0 Å². The monoisotopic (exact) mass is 223 g/mol. The van der Waals surface area contributed by atoms with Crippen molar-refractivity contribution in [3.05, 3.63) is 27.2 Å². The Labute approximate surface area is 93.5 Å². The molecule has 0 radical (unpaired) electrons. The van der Waals surface area contributed by atoms with E-state index in [0.29, 0.717) is 10.6 Å². The lowest BCUT2D eigenvalue weighted by Gasteiger charge is -2.15.